The molecule has 1 aromatic rings. The van der Waals surface area contributed by atoms with Gasteiger partial charge in [-0.15, -0.1) is 0 Å². The minimum atomic E-state index is 0.775. The van der Waals surface area contributed by atoms with Gasteiger partial charge in [0.2, 0.25) is 0 Å². The second kappa shape index (κ2) is 5.81. The zero-order chi connectivity index (χ0) is 9.52. The van der Waals surface area contributed by atoms with E-state index in [1.54, 1.807) is 6.26 Å². The zero-order valence-corrected chi connectivity index (χ0v) is 8.55. The fourth-order valence-electron chi connectivity index (χ4n) is 1.16. The van der Waals surface area contributed by atoms with Crippen molar-refractivity contribution in [3.05, 3.63) is 24.2 Å². The van der Waals surface area contributed by atoms with Gasteiger partial charge < -0.3 is 9.73 Å². The Kier molecular flexibility index (Phi) is 4.61. The van der Waals surface area contributed by atoms with E-state index in [4.69, 9.17) is 4.42 Å². The number of furan rings is 1. The fourth-order valence-corrected chi connectivity index (χ4v) is 1.16. The third-order valence-corrected chi connectivity index (χ3v) is 2.32. The van der Waals surface area contributed by atoms with Gasteiger partial charge in [-0.05, 0) is 24.6 Å². The predicted molar refractivity (Wildman–Crippen MR) is 54.7 cm³/mol. The number of rotatable bonds is 6. The average Bonchev–Trinajstić information content (AvgIpc) is 2.64. The third-order valence-electron chi connectivity index (χ3n) is 2.32. The van der Waals surface area contributed by atoms with E-state index >= 15 is 0 Å². The maximum absolute atomic E-state index is 5.23. The summed E-state index contributed by atoms with van der Waals surface area (Å²) in [6.45, 7) is 6.60. The Morgan fingerprint density at radius 3 is 3.00 bits per heavy atom. The molecule has 1 rings (SSSR count). The van der Waals surface area contributed by atoms with E-state index in [-0.39, 0.29) is 0 Å². The molecule has 0 fully saturated rings. The quantitative estimate of drug-likeness (QED) is 0.682. The van der Waals surface area contributed by atoms with Crippen molar-refractivity contribution >= 4 is 0 Å². The summed E-state index contributed by atoms with van der Waals surface area (Å²) in [7, 11) is 0. The fraction of sp³-hybridized carbons (Fsp3) is 0.636. The molecule has 0 spiro atoms. The van der Waals surface area contributed by atoms with Crippen LogP contribution >= 0.6 is 0 Å². The molecule has 0 bridgehead atoms. The highest BCUT2D eigenvalue weighted by Gasteiger charge is 1.98. The molecule has 0 aromatic carbocycles. The summed E-state index contributed by atoms with van der Waals surface area (Å²) < 4.78 is 5.23. The van der Waals surface area contributed by atoms with Crippen LogP contribution in [0.1, 0.15) is 26.0 Å². The lowest BCUT2D eigenvalue weighted by atomic mass is 10.1. The van der Waals surface area contributed by atoms with Gasteiger partial charge in [0.05, 0.1) is 6.26 Å². The van der Waals surface area contributed by atoms with Crippen LogP contribution in [0, 0.1) is 5.92 Å². The van der Waals surface area contributed by atoms with Gasteiger partial charge in [-0.3, -0.25) is 0 Å². The molecule has 13 heavy (non-hydrogen) atoms. The molecule has 0 amide bonds. The second-order valence-corrected chi connectivity index (χ2v) is 3.55. The van der Waals surface area contributed by atoms with Gasteiger partial charge in [0, 0.05) is 13.0 Å². The Hall–Kier alpha value is -0.760. The smallest absolute Gasteiger partial charge is 0.105 e. The second-order valence-electron chi connectivity index (χ2n) is 3.55. The highest BCUT2D eigenvalue weighted by Crippen LogP contribution is 2.00. The Labute approximate surface area is 80.3 Å². The van der Waals surface area contributed by atoms with E-state index in [9.17, 15) is 0 Å². The van der Waals surface area contributed by atoms with Gasteiger partial charge in [-0.1, -0.05) is 20.3 Å². The Morgan fingerprint density at radius 2 is 2.38 bits per heavy atom. The first-order valence-electron chi connectivity index (χ1n) is 5.06. The van der Waals surface area contributed by atoms with Gasteiger partial charge in [-0.2, -0.15) is 0 Å². The molecule has 1 N–H and O–H groups in total. The molecule has 1 atom stereocenters. The maximum atomic E-state index is 5.23. The topological polar surface area (TPSA) is 25.2 Å². The maximum Gasteiger partial charge on any atom is 0.105 e. The van der Waals surface area contributed by atoms with Crippen LogP contribution in [-0.2, 0) is 6.42 Å². The first-order chi connectivity index (χ1) is 6.33. The molecule has 1 unspecified atom stereocenters. The predicted octanol–water partition coefficient (Wildman–Crippen LogP) is 2.46. The Morgan fingerprint density at radius 1 is 1.54 bits per heavy atom. The molecule has 0 aliphatic heterocycles. The number of hydrogen-bond acceptors (Lipinski definition) is 2. The van der Waals surface area contributed by atoms with E-state index in [2.05, 4.69) is 19.2 Å². The van der Waals surface area contributed by atoms with Gasteiger partial charge in [0.25, 0.3) is 0 Å². The van der Waals surface area contributed by atoms with Crippen LogP contribution in [0.4, 0.5) is 0 Å². The van der Waals surface area contributed by atoms with Crippen LogP contribution in [0.25, 0.3) is 0 Å². The highest BCUT2D eigenvalue weighted by atomic mass is 16.3. The van der Waals surface area contributed by atoms with Gasteiger partial charge in [0.15, 0.2) is 0 Å². The van der Waals surface area contributed by atoms with E-state index in [0.29, 0.717) is 0 Å². The molecular weight excluding hydrogens is 162 g/mol. The lowest BCUT2D eigenvalue weighted by molar-refractivity contribution is 0.471. The third kappa shape index (κ3) is 4.13. The zero-order valence-electron chi connectivity index (χ0n) is 8.55. The van der Waals surface area contributed by atoms with E-state index in [1.165, 1.54) is 6.42 Å². The summed E-state index contributed by atoms with van der Waals surface area (Å²) in [5, 5.41) is 3.41. The molecule has 0 radical (unpaired) electrons. The largest absolute Gasteiger partial charge is 0.469 e. The molecule has 0 saturated carbocycles. The molecule has 74 valence electrons. The highest BCUT2D eigenvalue weighted by molar-refractivity contribution is 4.98. The molecule has 2 heteroatoms. The first kappa shape index (κ1) is 10.3. The first-order valence-corrected chi connectivity index (χ1v) is 5.06. The minimum Gasteiger partial charge on any atom is -0.469 e. The summed E-state index contributed by atoms with van der Waals surface area (Å²) in [4.78, 5) is 0. The van der Waals surface area contributed by atoms with E-state index < -0.39 is 0 Å². The van der Waals surface area contributed by atoms with Crippen molar-refractivity contribution in [1.29, 1.82) is 0 Å². The number of nitrogens with one attached hydrogen (secondary N) is 1. The summed E-state index contributed by atoms with van der Waals surface area (Å²) in [5.74, 6) is 1.84. The van der Waals surface area contributed by atoms with Crippen molar-refractivity contribution in [3.63, 3.8) is 0 Å². The minimum absolute atomic E-state index is 0.775. The van der Waals surface area contributed by atoms with Crippen LogP contribution in [0.2, 0.25) is 0 Å². The van der Waals surface area contributed by atoms with Crippen LogP contribution in [0.15, 0.2) is 22.8 Å². The summed E-state index contributed by atoms with van der Waals surface area (Å²) in [5.41, 5.74) is 0. The summed E-state index contributed by atoms with van der Waals surface area (Å²) >= 11 is 0. The molecular formula is C11H19NO. The average molecular weight is 181 g/mol. The van der Waals surface area contributed by atoms with Crippen LogP contribution in [0.3, 0.4) is 0 Å². The molecule has 2 nitrogen and oxygen atoms in total. The van der Waals surface area contributed by atoms with Crippen LogP contribution < -0.4 is 5.32 Å². The molecule has 1 heterocycles. The van der Waals surface area contributed by atoms with Gasteiger partial charge >= 0.3 is 0 Å². The van der Waals surface area contributed by atoms with Gasteiger partial charge in [-0.25, -0.2) is 0 Å². The van der Waals surface area contributed by atoms with Crippen molar-refractivity contribution in [3.8, 4) is 0 Å². The van der Waals surface area contributed by atoms with Crippen molar-refractivity contribution < 1.29 is 4.42 Å². The molecule has 1 aromatic heterocycles. The normalized spacial score (nSPS) is 13.1. The molecule has 0 aliphatic rings. The van der Waals surface area contributed by atoms with Crippen molar-refractivity contribution in [2.75, 3.05) is 13.1 Å². The Balaban J connectivity index is 2.02. The SMILES string of the molecule is CCC(C)CNCCc1ccco1. The van der Waals surface area contributed by atoms with E-state index in [1.807, 2.05) is 12.1 Å². The lowest BCUT2D eigenvalue weighted by Gasteiger charge is -2.08. The van der Waals surface area contributed by atoms with Crippen molar-refractivity contribution in [2.24, 2.45) is 5.92 Å². The van der Waals surface area contributed by atoms with E-state index in [0.717, 1.165) is 31.2 Å². The standard InChI is InChI=1S/C11H19NO/c1-3-10(2)9-12-7-6-11-5-4-8-13-11/h4-5,8,10,12H,3,6-7,9H2,1-2H3. The Bertz CT molecular complexity index is 206. The van der Waals surface area contributed by atoms with Crippen LogP contribution in [-0.4, -0.2) is 13.1 Å². The summed E-state index contributed by atoms with van der Waals surface area (Å²) in [6, 6.07) is 3.95. The lowest BCUT2D eigenvalue weighted by Crippen LogP contribution is -2.23. The number of hydrogen-bond donors (Lipinski definition) is 1. The monoisotopic (exact) mass is 181 g/mol. The van der Waals surface area contributed by atoms with Gasteiger partial charge in [0.1, 0.15) is 5.76 Å². The molecule has 0 saturated heterocycles. The van der Waals surface area contributed by atoms with Crippen molar-refractivity contribution in [2.45, 2.75) is 26.7 Å². The van der Waals surface area contributed by atoms with Crippen LogP contribution in [0.5, 0.6) is 0 Å². The summed E-state index contributed by atoms with van der Waals surface area (Å²) in [6.07, 6.45) is 3.96. The molecule has 0 aliphatic carbocycles. The van der Waals surface area contributed by atoms with Crippen molar-refractivity contribution in [1.82, 2.24) is 5.32 Å².